The number of pyridine rings is 1. The molecular weight excluding hydrogens is 540 g/mol. The topological polar surface area (TPSA) is 33.5 Å². The molecule has 0 fully saturated rings. The predicted molar refractivity (Wildman–Crippen MR) is 184 cm³/mol. The fourth-order valence-electron chi connectivity index (χ4n) is 6.28. The number of hydrogen-bond acceptors (Lipinski definition) is 4. The van der Waals surface area contributed by atoms with E-state index in [-0.39, 0.29) is 17.5 Å². The number of fused-ring (bicyclic) bond motifs is 4. The number of aromatic nitrogens is 2. The Morgan fingerprint density at radius 1 is 0.727 bits per heavy atom. The standard InChI is InChI=1S/C39H40N4O/c1-38(2,3)26-20-21-40-36(22-26)43-34-17-11-14-31(39(4,5)6)37(34)30-19-18-29(24-35(30)43)44-28-13-10-12-27(23-28)42-25-41(7)32-15-8-9-16-33(32)42/h8-24H,25H2,1-7H3/i7D3. The summed E-state index contributed by atoms with van der Waals surface area (Å²) < 4.78 is 33.0. The minimum absolute atomic E-state index is 0.0251. The summed E-state index contributed by atoms with van der Waals surface area (Å²) in [5.41, 5.74) is 6.94. The van der Waals surface area contributed by atoms with Gasteiger partial charge in [-0.2, -0.15) is 0 Å². The average molecular weight is 584 g/mol. The van der Waals surface area contributed by atoms with E-state index in [1.165, 1.54) is 21.4 Å². The maximum absolute atomic E-state index is 8.08. The van der Waals surface area contributed by atoms with Gasteiger partial charge in [-0.3, -0.25) is 4.57 Å². The molecule has 0 spiro atoms. The largest absolute Gasteiger partial charge is 0.457 e. The minimum atomic E-state index is -2.25. The third kappa shape index (κ3) is 4.77. The van der Waals surface area contributed by atoms with Crippen molar-refractivity contribution in [2.75, 3.05) is 23.4 Å². The van der Waals surface area contributed by atoms with Gasteiger partial charge in [0.25, 0.3) is 0 Å². The van der Waals surface area contributed by atoms with Crippen LogP contribution in [0.5, 0.6) is 11.5 Å². The van der Waals surface area contributed by atoms with Crippen molar-refractivity contribution in [1.82, 2.24) is 9.55 Å². The van der Waals surface area contributed by atoms with Crippen LogP contribution >= 0.6 is 0 Å². The number of ether oxygens (including phenoxy) is 1. The van der Waals surface area contributed by atoms with E-state index in [1.807, 2.05) is 65.7 Å². The first kappa shape index (κ1) is 24.6. The van der Waals surface area contributed by atoms with Gasteiger partial charge in [0.1, 0.15) is 17.3 Å². The normalized spacial score (nSPS) is 14.9. The maximum Gasteiger partial charge on any atom is 0.137 e. The lowest BCUT2D eigenvalue weighted by Gasteiger charge is -2.21. The molecule has 0 saturated heterocycles. The Labute approximate surface area is 264 Å². The lowest BCUT2D eigenvalue weighted by molar-refractivity contribution is 0.483. The monoisotopic (exact) mass is 583 g/mol. The van der Waals surface area contributed by atoms with Crippen molar-refractivity contribution in [3.63, 3.8) is 0 Å². The number of rotatable bonds is 4. The van der Waals surface area contributed by atoms with Crippen LogP contribution in [0.15, 0.2) is 103 Å². The molecule has 222 valence electrons. The Kier molecular flexibility index (Phi) is 5.69. The van der Waals surface area contributed by atoms with Crippen molar-refractivity contribution in [3.8, 4) is 17.3 Å². The summed E-state index contributed by atoms with van der Waals surface area (Å²) in [6, 6.07) is 32.5. The number of hydrogen-bond donors (Lipinski definition) is 0. The van der Waals surface area contributed by atoms with E-state index >= 15 is 0 Å². The molecule has 2 aromatic heterocycles. The van der Waals surface area contributed by atoms with Gasteiger partial charge in [-0.15, -0.1) is 0 Å². The molecule has 7 rings (SSSR count). The minimum Gasteiger partial charge on any atom is -0.457 e. The average Bonchev–Trinajstić information content (AvgIpc) is 3.57. The fourth-order valence-corrected chi connectivity index (χ4v) is 6.28. The Morgan fingerprint density at radius 3 is 2.27 bits per heavy atom. The summed E-state index contributed by atoms with van der Waals surface area (Å²) in [6.45, 7) is 11.4. The lowest BCUT2D eigenvalue weighted by atomic mass is 9.84. The van der Waals surface area contributed by atoms with Gasteiger partial charge in [-0.05, 0) is 76.6 Å². The van der Waals surface area contributed by atoms with Crippen LogP contribution in [0, 0.1) is 0 Å². The van der Waals surface area contributed by atoms with E-state index in [4.69, 9.17) is 13.8 Å². The summed E-state index contributed by atoms with van der Waals surface area (Å²) in [4.78, 5) is 8.34. The first-order valence-corrected chi connectivity index (χ1v) is 15.2. The number of benzene rings is 4. The van der Waals surface area contributed by atoms with Gasteiger partial charge in [-0.25, -0.2) is 4.98 Å². The Morgan fingerprint density at radius 2 is 1.50 bits per heavy atom. The van der Waals surface area contributed by atoms with Crippen molar-refractivity contribution in [3.05, 3.63) is 114 Å². The van der Waals surface area contributed by atoms with E-state index in [9.17, 15) is 0 Å². The zero-order valence-corrected chi connectivity index (χ0v) is 26.2. The summed E-state index contributed by atoms with van der Waals surface area (Å²) >= 11 is 0. The van der Waals surface area contributed by atoms with Crippen molar-refractivity contribution in [1.29, 1.82) is 0 Å². The highest BCUT2D eigenvalue weighted by molar-refractivity contribution is 6.11. The molecule has 0 aliphatic carbocycles. The van der Waals surface area contributed by atoms with Crippen molar-refractivity contribution in [2.24, 2.45) is 0 Å². The second-order valence-electron chi connectivity index (χ2n) is 13.7. The summed E-state index contributed by atoms with van der Waals surface area (Å²) in [7, 11) is 0. The quantitative estimate of drug-likeness (QED) is 0.207. The van der Waals surface area contributed by atoms with Crippen LogP contribution in [0.1, 0.15) is 56.8 Å². The van der Waals surface area contributed by atoms with E-state index in [0.29, 0.717) is 17.2 Å². The van der Waals surface area contributed by atoms with Crippen molar-refractivity contribution >= 4 is 38.9 Å². The molecule has 3 heterocycles. The molecule has 5 nitrogen and oxygen atoms in total. The molecule has 0 N–H and O–H groups in total. The van der Waals surface area contributed by atoms with Gasteiger partial charge in [0.2, 0.25) is 0 Å². The van der Waals surface area contributed by atoms with Crippen LogP contribution in [0.4, 0.5) is 17.1 Å². The molecule has 4 aromatic carbocycles. The highest BCUT2D eigenvalue weighted by Gasteiger charge is 2.25. The molecular formula is C39H40N4O. The van der Waals surface area contributed by atoms with E-state index < -0.39 is 6.98 Å². The lowest BCUT2D eigenvalue weighted by Crippen LogP contribution is -2.23. The summed E-state index contributed by atoms with van der Waals surface area (Å²) in [6.07, 6.45) is 1.90. The van der Waals surface area contributed by atoms with Crippen LogP contribution in [0.3, 0.4) is 0 Å². The van der Waals surface area contributed by atoms with E-state index in [1.54, 1.807) is 0 Å². The summed E-state index contributed by atoms with van der Waals surface area (Å²) in [5.74, 6) is 2.24. The zero-order chi connectivity index (χ0) is 33.3. The molecule has 0 unspecified atom stereocenters. The van der Waals surface area contributed by atoms with Crippen molar-refractivity contribution in [2.45, 2.75) is 52.4 Å². The molecule has 44 heavy (non-hydrogen) atoms. The van der Waals surface area contributed by atoms with Gasteiger partial charge in [-0.1, -0.05) is 71.9 Å². The molecule has 0 saturated carbocycles. The first-order valence-electron chi connectivity index (χ1n) is 16.7. The van der Waals surface area contributed by atoms with Gasteiger partial charge >= 0.3 is 0 Å². The van der Waals surface area contributed by atoms with Gasteiger partial charge < -0.3 is 14.5 Å². The van der Waals surface area contributed by atoms with Crippen LogP contribution in [-0.2, 0) is 10.8 Å². The molecule has 0 atom stereocenters. The van der Waals surface area contributed by atoms with E-state index in [2.05, 4.69) is 88.6 Å². The van der Waals surface area contributed by atoms with Crippen LogP contribution in [-0.4, -0.2) is 23.2 Å². The Balaban J connectivity index is 1.33. The SMILES string of the molecule is [2H]C([2H])([2H])N1CN(c2cccc(Oc3ccc4c5c(C(C)(C)C)cccc5n(-c5cc(C(C)(C)C)ccn5)c4c3)c2)c2ccccc21. The third-order valence-corrected chi connectivity index (χ3v) is 8.52. The number of anilines is 3. The molecule has 5 heteroatoms. The van der Waals surface area contributed by atoms with Gasteiger partial charge in [0, 0.05) is 45.9 Å². The van der Waals surface area contributed by atoms with Gasteiger partial charge in [0.05, 0.1) is 29.1 Å². The van der Waals surface area contributed by atoms with Crippen LogP contribution < -0.4 is 14.5 Å². The second-order valence-corrected chi connectivity index (χ2v) is 13.7. The zero-order valence-electron chi connectivity index (χ0n) is 29.2. The Hall–Kier alpha value is -4.77. The highest BCUT2D eigenvalue weighted by atomic mass is 16.5. The number of para-hydroxylation sites is 2. The molecule has 1 aliphatic heterocycles. The molecule has 0 amide bonds. The Bertz CT molecular complexity index is 2140. The predicted octanol–water partition coefficient (Wildman–Crippen LogP) is 10.1. The van der Waals surface area contributed by atoms with Crippen molar-refractivity contribution < 1.29 is 8.85 Å². The van der Waals surface area contributed by atoms with E-state index in [0.717, 1.165) is 33.6 Å². The molecule has 0 bridgehead atoms. The second kappa shape index (κ2) is 10.2. The molecule has 6 aromatic rings. The van der Waals surface area contributed by atoms with Gasteiger partial charge in [0.15, 0.2) is 0 Å². The van der Waals surface area contributed by atoms with Crippen LogP contribution in [0.2, 0.25) is 0 Å². The first-order chi connectivity index (χ1) is 22.2. The fraction of sp³-hybridized carbons (Fsp3) is 0.256. The smallest absolute Gasteiger partial charge is 0.137 e. The molecule has 1 aliphatic rings. The number of nitrogens with zero attached hydrogens (tertiary/aromatic N) is 4. The molecule has 0 radical (unpaired) electrons. The summed E-state index contributed by atoms with van der Waals surface area (Å²) in [5, 5.41) is 2.37. The maximum atomic E-state index is 8.08. The van der Waals surface area contributed by atoms with Crippen LogP contribution in [0.25, 0.3) is 27.6 Å². The third-order valence-electron chi connectivity index (χ3n) is 8.52. The highest BCUT2D eigenvalue weighted by Crippen LogP contribution is 2.42.